The molecule has 0 bridgehead atoms. The van der Waals surface area contributed by atoms with Crippen LogP contribution in [0.25, 0.3) is 0 Å². The number of aryl methyl sites for hydroxylation is 2. The fourth-order valence-electron chi connectivity index (χ4n) is 10.4. The fraction of sp³-hybridized carbons (Fsp3) is 0.875. The van der Waals surface area contributed by atoms with E-state index in [0.29, 0.717) is 30.4 Å². The SMILES string of the molecule is CCCNC[C@]1(O)[C@H](C)O[C@@H](O[C@H]2[C@H](C)[C@@H](O[C@@H]3O[C@H](C)C[C@H](N(C)C(=O)N(C)c4cc(C)nc(C)n4)[C@H]3O)[C@](C)(O)C[C@@H](C)CN[C@H](C)[C@@H](O)[C@](C)(O)[C@@H](CC)OC(=O)[C@@H]2C)C[C@@]1(C)OC. The number of likely N-dealkylation sites (N-methyl/N-ethyl adjacent to an activating group) is 1. The number of nitrogens with one attached hydrogen (secondary N) is 2. The highest BCUT2D eigenvalue weighted by Gasteiger charge is 2.58. The normalized spacial score (nSPS) is 41.7. The quantitative estimate of drug-likeness (QED) is 0.118. The molecule has 19 heteroatoms. The van der Waals surface area contributed by atoms with Gasteiger partial charge in [-0.2, -0.15) is 0 Å². The summed E-state index contributed by atoms with van der Waals surface area (Å²) in [6, 6.07) is -0.194. The van der Waals surface area contributed by atoms with Gasteiger partial charge in [-0.15, -0.1) is 0 Å². The molecule has 0 aliphatic carbocycles. The lowest BCUT2D eigenvalue weighted by Crippen LogP contribution is -2.70. The molecule has 2 amide bonds. The maximum atomic E-state index is 14.5. The highest BCUT2D eigenvalue weighted by molar-refractivity contribution is 5.90. The van der Waals surface area contributed by atoms with Crippen molar-refractivity contribution in [3.05, 3.63) is 17.6 Å². The van der Waals surface area contributed by atoms with Gasteiger partial charge in [0.05, 0.1) is 42.0 Å². The number of hydrogen-bond acceptors (Lipinski definition) is 17. The molecule has 67 heavy (non-hydrogen) atoms. The van der Waals surface area contributed by atoms with Crippen LogP contribution < -0.4 is 15.5 Å². The Kier molecular flexibility index (Phi) is 19.6. The van der Waals surface area contributed by atoms with E-state index in [1.54, 1.807) is 75.6 Å². The average Bonchev–Trinajstić information content (AvgIpc) is 3.26. The van der Waals surface area contributed by atoms with E-state index in [2.05, 4.69) is 20.6 Å². The molecule has 19 nitrogen and oxygen atoms in total. The Morgan fingerprint density at radius 3 is 2.24 bits per heavy atom. The maximum Gasteiger partial charge on any atom is 0.325 e. The first-order valence-corrected chi connectivity index (χ1v) is 24.3. The summed E-state index contributed by atoms with van der Waals surface area (Å²) in [5.41, 5.74) is -5.56. The summed E-state index contributed by atoms with van der Waals surface area (Å²) in [5.74, 6) is -2.12. The van der Waals surface area contributed by atoms with Crippen molar-refractivity contribution in [2.75, 3.05) is 45.7 Å². The van der Waals surface area contributed by atoms with E-state index in [9.17, 15) is 35.1 Å². The zero-order valence-electron chi connectivity index (χ0n) is 43.1. The smallest absolute Gasteiger partial charge is 0.325 e. The molecule has 3 saturated heterocycles. The molecule has 4 rings (SSSR count). The number of methoxy groups -OCH3 is 1. The number of urea groups is 1. The fourth-order valence-corrected chi connectivity index (χ4v) is 10.4. The van der Waals surface area contributed by atoms with Crippen LogP contribution in [-0.4, -0.2) is 183 Å². The predicted octanol–water partition coefficient (Wildman–Crippen LogP) is 2.96. The Hall–Kier alpha value is -2.66. The van der Waals surface area contributed by atoms with Gasteiger partial charge in [0.1, 0.15) is 46.8 Å². The topological polar surface area (TPSA) is 247 Å². The number of nitrogens with zero attached hydrogens (tertiary/aromatic N) is 4. The molecule has 3 aliphatic rings. The molecule has 18 atom stereocenters. The van der Waals surface area contributed by atoms with E-state index in [4.69, 9.17) is 28.4 Å². The number of aromatic nitrogens is 2. The van der Waals surface area contributed by atoms with E-state index in [-0.39, 0.29) is 38.1 Å². The minimum atomic E-state index is -1.87. The van der Waals surface area contributed by atoms with Crippen LogP contribution in [0.2, 0.25) is 0 Å². The first-order valence-electron chi connectivity index (χ1n) is 24.3. The third-order valence-electron chi connectivity index (χ3n) is 14.7. The molecule has 0 saturated carbocycles. The number of rotatable bonds is 12. The second-order valence-corrected chi connectivity index (χ2v) is 20.6. The second kappa shape index (κ2) is 23.1. The lowest BCUT2D eigenvalue weighted by molar-refractivity contribution is -0.336. The van der Waals surface area contributed by atoms with Crippen molar-refractivity contribution in [1.29, 1.82) is 0 Å². The molecule has 386 valence electrons. The van der Waals surface area contributed by atoms with Crippen LogP contribution in [0.1, 0.15) is 120 Å². The van der Waals surface area contributed by atoms with Gasteiger partial charge in [0.15, 0.2) is 12.6 Å². The number of ether oxygens (including phenoxy) is 6. The van der Waals surface area contributed by atoms with Crippen LogP contribution >= 0.6 is 0 Å². The first kappa shape index (κ1) is 56.9. The predicted molar refractivity (Wildman–Crippen MR) is 251 cm³/mol. The summed E-state index contributed by atoms with van der Waals surface area (Å²) < 4.78 is 38.7. The molecule has 1 aromatic rings. The highest BCUT2D eigenvalue weighted by atomic mass is 16.7. The first-order chi connectivity index (χ1) is 31.1. The molecule has 4 heterocycles. The third-order valence-corrected chi connectivity index (χ3v) is 14.7. The maximum absolute atomic E-state index is 14.5. The van der Waals surface area contributed by atoms with Gasteiger partial charge >= 0.3 is 12.0 Å². The summed E-state index contributed by atoms with van der Waals surface area (Å²) in [5, 5.41) is 67.0. The van der Waals surface area contributed by atoms with Crippen molar-refractivity contribution in [2.24, 2.45) is 17.8 Å². The lowest BCUT2D eigenvalue weighted by atomic mass is 9.75. The van der Waals surface area contributed by atoms with Gasteiger partial charge < -0.3 is 69.5 Å². The number of amides is 2. The van der Waals surface area contributed by atoms with Crippen LogP contribution in [0.15, 0.2) is 6.07 Å². The number of aliphatic hydroxyl groups is 5. The lowest BCUT2D eigenvalue weighted by Gasteiger charge is -2.53. The van der Waals surface area contributed by atoms with Crippen molar-refractivity contribution in [3.8, 4) is 0 Å². The number of anilines is 1. The second-order valence-electron chi connectivity index (χ2n) is 20.6. The summed E-state index contributed by atoms with van der Waals surface area (Å²) >= 11 is 0. The van der Waals surface area contributed by atoms with Crippen molar-refractivity contribution in [1.82, 2.24) is 25.5 Å². The molecule has 0 aromatic carbocycles. The van der Waals surface area contributed by atoms with Gasteiger partial charge in [0.2, 0.25) is 0 Å². The Balaban J connectivity index is 1.80. The Morgan fingerprint density at radius 2 is 1.64 bits per heavy atom. The van der Waals surface area contributed by atoms with E-state index < -0.39 is 114 Å². The molecule has 0 unspecified atom stereocenters. The van der Waals surface area contributed by atoms with E-state index in [0.717, 1.165) is 6.42 Å². The van der Waals surface area contributed by atoms with E-state index in [1.165, 1.54) is 23.8 Å². The largest absolute Gasteiger partial charge is 0.459 e. The monoisotopic (exact) mass is 955 g/mol. The molecule has 7 N–H and O–H groups in total. The van der Waals surface area contributed by atoms with Crippen LogP contribution in [0.4, 0.5) is 10.6 Å². The third kappa shape index (κ3) is 12.8. The molecule has 0 spiro atoms. The number of carbonyl (C=O) groups excluding carboxylic acids is 2. The van der Waals surface area contributed by atoms with Gasteiger partial charge in [0.25, 0.3) is 0 Å². The van der Waals surface area contributed by atoms with Gasteiger partial charge in [-0.1, -0.05) is 27.7 Å². The molecular weight excluding hydrogens is 869 g/mol. The van der Waals surface area contributed by atoms with E-state index >= 15 is 0 Å². The van der Waals surface area contributed by atoms with Crippen LogP contribution in [-0.2, 0) is 33.2 Å². The number of aliphatic hydroxyl groups excluding tert-OH is 2. The Morgan fingerprint density at radius 1 is 0.985 bits per heavy atom. The minimum absolute atomic E-state index is 0.0384. The van der Waals surface area contributed by atoms with Gasteiger partial charge in [0, 0.05) is 57.9 Å². The zero-order chi connectivity index (χ0) is 50.6. The van der Waals surface area contributed by atoms with Crippen LogP contribution in [0.3, 0.4) is 0 Å². The summed E-state index contributed by atoms with van der Waals surface area (Å²) in [4.78, 5) is 40.2. The van der Waals surface area contributed by atoms with Crippen molar-refractivity contribution >= 4 is 17.8 Å². The molecule has 0 radical (unpaired) electrons. The molecule has 3 fully saturated rings. The number of hydrogen-bond donors (Lipinski definition) is 7. The van der Waals surface area contributed by atoms with E-state index in [1.807, 2.05) is 27.7 Å². The van der Waals surface area contributed by atoms with Gasteiger partial charge in [-0.05, 0) is 107 Å². The standard InChI is InChI=1S/C48H86N6O13/c1-17-19-49-25-48(61)32(9)64-37(23-46(48,12)62-16)66-39-29(6)41(45(11,59)22-26(3)24-50-31(8)40(56)47(13,60)35(18-2)65-42(57)30(39)7)67-43-38(55)34(21-28(5)63-43)53(14)44(58)54(15)36-20-27(4)51-33(10)52-36/h20,26,28-32,34-35,37-41,43,49-50,55-56,59-61H,17-19,21-25H2,1-16H3/t26-,28-,29+,30-,31-,32+,34+,35-,37+,38-,39+,40-,41-,43+,45-,46-,47-,48+/m1/s1. The number of cyclic esters (lactones) is 1. The molecule has 3 aliphatic heterocycles. The minimum Gasteiger partial charge on any atom is -0.459 e. The van der Waals surface area contributed by atoms with Crippen LogP contribution in [0, 0.1) is 31.6 Å². The van der Waals surface area contributed by atoms with Gasteiger partial charge in [-0.25, -0.2) is 14.8 Å². The number of carbonyl (C=O) groups is 2. The molecular formula is C48H86N6O13. The summed E-state index contributed by atoms with van der Waals surface area (Å²) in [6.45, 7) is 23.9. The average molecular weight is 955 g/mol. The Bertz CT molecular complexity index is 1760. The van der Waals surface area contributed by atoms with Crippen molar-refractivity contribution in [3.63, 3.8) is 0 Å². The number of esters is 1. The molecule has 1 aromatic heterocycles. The summed E-state index contributed by atoms with van der Waals surface area (Å²) in [7, 11) is 4.71. The zero-order valence-corrected chi connectivity index (χ0v) is 43.1. The summed E-state index contributed by atoms with van der Waals surface area (Å²) in [6.07, 6.45) is -8.60. The van der Waals surface area contributed by atoms with Crippen molar-refractivity contribution < 1.29 is 63.5 Å². The Labute approximate surface area is 399 Å². The van der Waals surface area contributed by atoms with Crippen LogP contribution in [0.5, 0.6) is 0 Å². The highest BCUT2D eigenvalue weighted by Crippen LogP contribution is 2.43. The van der Waals surface area contributed by atoms with Crippen molar-refractivity contribution in [2.45, 2.75) is 212 Å². The van der Waals surface area contributed by atoms with Gasteiger partial charge in [-0.3, -0.25) is 9.69 Å².